The number of hydrogen-bond acceptors (Lipinski definition) is 2. The van der Waals surface area contributed by atoms with Crippen LogP contribution in [0.4, 0.5) is 13.2 Å². The van der Waals surface area contributed by atoms with Crippen LogP contribution in [-0.2, 0) is 16.5 Å². The van der Waals surface area contributed by atoms with Crippen LogP contribution < -0.4 is 0 Å². The molecule has 1 aliphatic carbocycles. The standard InChI is InChI=1S/C12H13F3O2/c1-17-10-6-11(16,7-10)8-2-4-9(5-3-8)12(13,14)15/h2-5,10,16H,6-7H2,1H3/t10-,11+. The quantitative estimate of drug-likeness (QED) is 0.869. The van der Waals surface area contributed by atoms with Gasteiger partial charge in [0.15, 0.2) is 0 Å². The highest BCUT2D eigenvalue weighted by atomic mass is 19.4. The van der Waals surface area contributed by atoms with Crippen LogP contribution in [0.15, 0.2) is 24.3 Å². The lowest BCUT2D eigenvalue weighted by molar-refractivity contribution is -0.139. The van der Waals surface area contributed by atoms with Gasteiger partial charge in [-0.15, -0.1) is 0 Å². The van der Waals surface area contributed by atoms with Gasteiger partial charge in [0.2, 0.25) is 0 Å². The monoisotopic (exact) mass is 246 g/mol. The van der Waals surface area contributed by atoms with Crippen molar-refractivity contribution < 1.29 is 23.0 Å². The number of alkyl halides is 3. The third kappa shape index (κ3) is 2.30. The molecule has 0 bridgehead atoms. The molecule has 0 unspecified atom stereocenters. The smallest absolute Gasteiger partial charge is 0.385 e. The molecule has 17 heavy (non-hydrogen) atoms. The van der Waals surface area contributed by atoms with Crippen LogP contribution in [-0.4, -0.2) is 18.3 Å². The summed E-state index contributed by atoms with van der Waals surface area (Å²) in [5, 5.41) is 10.1. The molecule has 0 spiro atoms. The van der Waals surface area contributed by atoms with Crippen LogP contribution in [0, 0.1) is 0 Å². The van der Waals surface area contributed by atoms with Gasteiger partial charge in [0, 0.05) is 20.0 Å². The zero-order chi connectivity index (χ0) is 12.7. The molecule has 0 aliphatic heterocycles. The van der Waals surface area contributed by atoms with Crippen molar-refractivity contribution in [3.8, 4) is 0 Å². The molecule has 0 saturated heterocycles. The van der Waals surface area contributed by atoms with Crippen LogP contribution >= 0.6 is 0 Å². The maximum absolute atomic E-state index is 12.3. The molecule has 0 radical (unpaired) electrons. The fraction of sp³-hybridized carbons (Fsp3) is 0.500. The minimum absolute atomic E-state index is 0.0118. The average Bonchev–Trinajstić information content (AvgIpc) is 2.23. The number of halogens is 3. The largest absolute Gasteiger partial charge is 0.416 e. The summed E-state index contributed by atoms with van der Waals surface area (Å²) < 4.78 is 42.1. The molecule has 1 N–H and O–H groups in total. The minimum atomic E-state index is -4.34. The van der Waals surface area contributed by atoms with Gasteiger partial charge in [0.1, 0.15) is 0 Å². The molecule has 0 atom stereocenters. The van der Waals surface area contributed by atoms with E-state index in [9.17, 15) is 18.3 Å². The van der Waals surface area contributed by atoms with Gasteiger partial charge in [-0.2, -0.15) is 13.2 Å². The summed E-state index contributed by atoms with van der Waals surface area (Å²) >= 11 is 0. The van der Waals surface area contributed by atoms with E-state index in [0.717, 1.165) is 12.1 Å². The molecule has 0 aromatic heterocycles. The van der Waals surface area contributed by atoms with E-state index >= 15 is 0 Å². The maximum Gasteiger partial charge on any atom is 0.416 e. The second kappa shape index (κ2) is 3.99. The molecule has 0 heterocycles. The molecule has 1 saturated carbocycles. The molecule has 2 nitrogen and oxygen atoms in total. The fourth-order valence-electron chi connectivity index (χ4n) is 2.07. The summed E-state index contributed by atoms with van der Waals surface area (Å²) in [4.78, 5) is 0. The van der Waals surface area contributed by atoms with Crippen molar-refractivity contribution in [3.05, 3.63) is 35.4 Å². The Labute approximate surface area is 97.0 Å². The fourth-order valence-corrected chi connectivity index (χ4v) is 2.07. The van der Waals surface area contributed by atoms with Crippen molar-refractivity contribution in [3.63, 3.8) is 0 Å². The first-order valence-electron chi connectivity index (χ1n) is 5.28. The van der Waals surface area contributed by atoms with Crippen molar-refractivity contribution in [1.82, 2.24) is 0 Å². The Morgan fingerprint density at radius 3 is 2.18 bits per heavy atom. The van der Waals surface area contributed by atoms with E-state index < -0.39 is 17.3 Å². The second-order valence-electron chi connectivity index (χ2n) is 4.37. The molecule has 1 aromatic carbocycles. The highest BCUT2D eigenvalue weighted by Crippen LogP contribution is 2.43. The molecule has 1 fully saturated rings. The van der Waals surface area contributed by atoms with Gasteiger partial charge in [-0.1, -0.05) is 12.1 Å². The van der Waals surface area contributed by atoms with Gasteiger partial charge < -0.3 is 9.84 Å². The lowest BCUT2D eigenvalue weighted by Gasteiger charge is -2.43. The van der Waals surface area contributed by atoms with Gasteiger partial charge in [0.05, 0.1) is 17.3 Å². The van der Waals surface area contributed by atoms with Gasteiger partial charge in [-0.05, 0) is 17.7 Å². The summed E-state index contributed by atoms with van der Waals surface area (Å²) in [6.45, 7) is 0. The number of hydrogen-bond donors (Lipinski definition) is 1. The van der Waals surface area contributed by atoms with E-state index in [1.807, 2.05) is 0 Å². The Hall–Kier alpha value is -1.07. The first-order valence-corrected chi connectivity index (χ1v) is 5.28. The number of methoxy groups -OCH3 is 1. The molecular weight excluding hydrogens is 233 g/mol. The van der Waals surface area contributed by atoms with Crippen molar-refractivity contribution in [1.29, 1.82) is 0 Å². The first-order chi connectivity index (χ1) is 7.85. The van der Waals surface area contributed by atoms with Crippen molar-refractivity contribution in [2.75, 3.05) is 7.11 Å². The van der Waals surface area contributed by atoms with E-state index in [1.54, 1.807) is 7.11 Å². The lowest BCUT2D eigenvalue weighted by Crippen LogP contribution is -2.45. The predicted octanol–water partition coefficient (Wildman–Crippen LogP) is 2.70. The third-order valence-electron chi connectivity index (χ3n) is 3.21. The van der Waals surface area contributed by atoms with Crippen LogP contribution in [0.3, 0.4) is 0 Å². The summed E-state index contributed by atoms with van der Waals surface area (Å²) in [5.41, 5.74) is -1.23. The maximum atomic E-state index is 12.3. The van der Waals surface area contributed by atoms with Gasteiger partial charge in [-0.25, -0.2) is 0 Å². The summed E-state index contributed by atoms with van der Waals surface area (Å²) in [6, 6.07) is 4.64. The Morgan fingerprint density at radius 1 is 1.24 bits per heavy atom. The van der Waals surface area contributed by atoms with Crippen LogP contribution in [0.25, 0.3) is 0 Å². The highest BCUT2D eigenvalue weighted by Gasteiger charge is 2.44. The Balaban J connectivity index is 2.14. The Morgan fingerprint density at radius 2 is 1.76 bits per heavy atom. The normalized spacial score (nSPS) is 28.9. The van der Waals surface area contributed by atoms with E-state index in [4.69, 9.17) is 4.74 Å². The van der Waals surface area contributed by atoms with Crippen LogP contribution in [0.2, 0.25) is 0 Å². The van der Waals surface area contributed by atoms with Gasteiger partial charge in [-0.3, -0.25) is 0 Å². The lowest BCUT2D eigenvalue weighted by atomic mass is 9.73. The van der Waals surface area contributed by atoms with Crippen LogP contribution in [0.5, 0.6) is 0 Å². The van der Waals surface area contributed by atoms with E-state index in [-0.39, 0.29) is 6.10 Å². The SMILES string of the molecule is CO[C@H]1C[C@](O)(c2ccc(C(F)(F)F)cc2)C1. The summed E-state index contributed by atoms with van der Waals surface area (Å²) in [5.74, 6) is 0. The average molecular weight is 246 g/mol. The predicted molar refractivity (Wildman–Crippen MR) is 55.4 cm³/mol. The minimum Gasteiger partial charge on any atom is -0.385 e. The Bertz CT molecular complexity index is 391. The molecule has 1 aliphatic rings. The highest BCUT2D eigenvalue weighted by molar-refractivity contribution is 5.30. The van der Waals surface area contributed by atoms with Gasteiger partial charge in [0.25, 0.3) is 0 Å². The number of ether oxygens (including phenoxy) is 1. The molecule has 0 amide bonds. The third-order valence-corrected chi connectivity index (χ3v) is 3.21. The van der Waals surface area contributed by atoms with Crippen LogP contribution in [0.1, 0.15) is 24.0 Å². The van der Waals surface area contributed by atoms with E-state index in [2.05, 4.69) is 0 Å². The van der Waals surface area contributed by atoms with Crippen molar-refractivity contribution in [2.24, 2.45) is 0 Å². The summed E-state index contributed by atoms with van der Waals surface area (Å²) in [7, 11) is 1.55. The van der Waals surface area contributed by atoms with Crippen molar-refractivity contribution >= 4 is 0 Å². The first kappa shape index (κ1) is 12.4. The van der Waals surface area contributed by atoms with Gasteiger partial charge >= 0.3 is 6.18 Å². The molecular formula is C12H13F3O2. The molecule has 94 valence electrons. The topological polar surface area (TPSA) is 29.5 Å². The number of aliphatic hydroxyl groups is 1. The van der Waals surface area contributed by atoms with Crippen molar-refractivity contribution in [2.45, 2.75) is 30.7 Å². The van der Waals surface area contributed by atoms with E-state index in [0.29, 0.717) is 18.4 Å². The number of rotatable bonds is 2. The zero-order valence-electron chi connectivity index (χ0n) is 9.29. The Kier molecular flexibility index (Phi) is 2.91. The molecule has 5 heteroatoms. The second-order valence-corrected chi connectivity index (χ2v) is 4.37. The zero-order valence-corrected chi connectivity index (χ0v) is 9.29. The summed E-state index contributed by atoms with van der Waals surface area (Å²) in [6.07, 6.45) is -3.50. The molecule has 1 aromatic rings. The van der Waals surface area contributed by atoms with E-state index in [1.165, 1.54) is 12.1 Å². The number of benzene rings is 1. The molecule has 2 rings (SSSR count).